The summed E-state index contributed by atoms with van der Waals surface area (Å²) in [6.07, 6.45) is 1.21. The van der Waals surface area contributed by atoms with Crippen LogP contribution in [0.5, 0.6) is 0 Å². The molecule has 0 unspecified atom stereocenters. The Hall–Kier alpha value is -2.70. The average Bonchev–Trinajstić information content (AvgIpc) is 2.37. The fraction of sp³-hybridized carbons (Fsp3) is 0.167. The second-order valence-corrected chi connectivity index (χ2v) is 4.09. The molecule has 0 fully saturated rings. The number of hydrogen-bond donors (Lipinski definition) is 1. The fourth-order valence-corrected chi connectivity index (χ4v) is 1.76. The Balaban J connectivity index is 2.53. The lowest BCUT2D eigenvalue weighted by Gasteiger charge is -2.18. The predicted molar refractivity (Wildman–Crippen MR) is 72.3 cm³/mol. The summed E-state index contributed by atoms with van der Waals surface area (Å²) in [7, 11) is 1.70. The molecule has 0 atom stereocenters. The highest BCUT2D eigenvalue weighted by Gasteiger charge is 2.24. The molecular formula is C12H13N5O2. The van der Waals surface area contributed by atoms with E-state index >= 15 is 0 Å². The standard InChI is InChI=1S/C12H13N5O2/c1-8-4-3-5-9(6-8)16(2)12-10(17(18)19)11(13)14-7-15-12/h3-7H,1-2H3,(H2,13,14,15). The maximum atomic E-state index is 11.1. The lowest BCUT2D eigenvalue weighted by Crippen LogP contribution is -2.15. The molecule has 1 aromatic carbocycles. The van der Waals surface area contributed by atoms with Gasteiger partial charge in [0.25, 0.3) is 0 Å². The van der Waals surface area contributed by atoms with Gasteiger partial charge in [0.1, 0.15) is 6.33 Å². The van der Waals surface area contributed by atoms with Crippen LogP contribution in [0.3, 0.4) is 0 Å². The first-order valence-electron chi connectivity index (χ1n) is 5.56. The summed E-state index contributed by atoms with van der Waals surface area (Å²) < 4.78 is 0. The third-order valence-corrected chi connectivity index (χ3v) is 2.72. The molecule has 0 aliphatic carbocycles. The molecule has 2 rings (SSSR count). The Kier molecular flexibility index (Phi) is 3.28. The normalized spacial score (nSPS) is 10.2. The number of aryl methyl sites for hydroxylation is 1. The van der Waals surface area contributed by atoms with Crippen molar-refractivity contribution in [3.05, 3.63) is 46.3 Å². The van der Waals surface area contributed by atoms with Crippen LogP contribution in [0.25, 0.3) is 0 Å². The number of hydrogen-bond acceptors (Lipinski definition) is 6. The van der Waals surface area contributed by atoms with Crippen LogP contribution in [0, 0.1) is 17.0 Å². The van der Waals surface area contributed by atoms with E-state index in [2.05, 4.69) is 9.97 Å². The zero-order chi connectivity index (χ0) is 14.0. The van der Waals surface area contributed by atoms with Gasteiger partial charge in [-0.15, -0.1) is 0 Å². The Morgan fingerprint density at radius 1 is 1.37 bits per heavy atom. The van der Waals surface area contributed by atoms with Gasteiger partial charge in [0.2, 0.25) is 11.6 Å². The molecule has 7 heteroatoms. The number of nitrogens with two attached hydrogens (primary N) is 1. The van der Waals surface area contributed by atoms with Crippen LogP contribution in [0.15, 0.2) is 30.6 Å². The first-order chi connectivity index (χ1) is 9.00. The lowest BCUT2D eigenvalue weighted by atomic mass is 10.2. The Morgan fingerprint density at radius 3 is 2.74 bits per heavy atom. The van der Waals surface area contributed by atoms with Crippen LogP contribution in [-0.4, -0.2) is 21.9 Å². The van der Waals surface area contributed by atoms with Crippen molar-refractivity contribution in [3.8, 4) is 0 Å². The Morgan fingerprint density at radius 2 is 2.11 bits per heavy atom. The number of nitrogen functional groups attached to an aromatic ring is 1. The van der Waals surface area contributed by atoms with Gasteiger partial charge in [-0.3, -0.25) is 10.1 Å². The summed E-state index contributed by atoms with van der Waals surface area (Å²) in [6.45, 7) is 1.94. The minimum atomic E-state index is -0.572. The summed E-state index contributed by atoms with van der Waals surface area (Å²) in [6, 6.07) is 7.56. The van der Waals surface area contributed by atoms with Crippen molar-refractivity contribution in [2.24, 2.45) is 0 Å². The van der Waals surface area contributed by atoms with Crippen LogP contribution < -0.4 is 10.6 Å². The summed E-state index contributed by atoms with van der Waals surface area (Å²) in [5.41, 5.74) is 7.11. The van der Waals surface area contributed by atoms with Crippen LogP contribution in [-0.2, 0) is 0 Å². The number of benzene rings is 1. The Labute approximate surface area is 109 Å². The van der Waals surface area contributed by atoms with Crippen molar-refractivity contribution in [1.82, 2.24) is 9.97 Å². The van der Waals surface area contributed by atoms with Crippen molar-refractivity contribution in [2.75, 3.05) is 17.7 Å². The molecule has 0 saturated heterocycles. The van der Waals surface area contributed by atoms with Gasteiger partial charge < -0.3 is 10.6 Å². The molecular weight excluding hydrogens is 246 g/mol. The van der Waals surface area contributed by atoms with Gasteiger partial charge >= 0.3 is 5.69 Å². The monoisotopic (exact) mass is 259 g/mol. The Bertz CT molecular complexity index is 629. The van der Waals surface area contributed by atoms with E-state index in [4.69, 9.17) is 5.73 Å². The predicted octanol–water partition coefficient (Wildman–Crippen LogP) is 2.04. The van der Waals surface area contributed by atoms with Crippen LogP contribution in [0.4, 0.5) is 23.0 Å². The average molecular weight is 259 g/mol. The van der Waals surface area contributed by atoms with E-state index in [0.29, 0.717) is 0 Å². The van der Waals surface area contributed by atoms with Gasteiger partial charge in [-0.2, -0.15) is 0 Å². The van der Waals surface area contributed by atoms with Gasteiger partial charge in [-0.25, -0.2) is 9.97 Å². The second kappa shape index (κ2) is 4.89. The van der Waals surface area contributed by atoms with E-state index in [1.807, 2.05) is 31.2 Å². The molecule has 2 N–H and O–H groups in total. The van der Waals surface area contributed by atoms with Crippen molar-refractivity contribution >= 4 is 23.0 Å². The molecule has 0 aliphatic heterocycles. The third kappa shape index (κ3) is 2.44. The molecule has 98 valence electrons. The van der Waals surface area contributed by atoms with Gasteiger partial charge in [0.05, 0.1) is 4.92 Å². The van der Waals surface area contributed by atoms with Crippen LogP contribution in [0.1, 0.15) is 5.56 Å². The minimum Gasteiger partial charge on any atom is -0.378 e. The van der Waals surface area contributed by atoms with E-state index in [1.54, 1.807) is 11.9 Å². The second-order valence-electron chi connectivity index (χ2n) is 4.09. The smallest absolute Gasteiger partial charge is 0.353 e. The lowest BCUT2D eigenvalue weighted by molar-refractivity contribution is -0.383. The number of anilines is 3. The molecule has 0 amide bonds. The topological polar surface area (TPSA) is 98.2 Å². The third-order valence-electron chi connectivity index (χ3n) is 2.72. The summed E-state index contributed by atoms with van der Waals surface area (Å²) in [5.74, 6) is 0.0256. The summed E-state index contributed by atoms with van der Waals surface area (Å²) in [4.78, 5) is 19.7. The molecule has 2 aromatic rings. The van der Waals surface area contributed by atoms with E-state index in [-0.39, 0.29) is 17.3 Å². The van der Waals surface area contributed by atoms with Gasteiger partial charge in [0.15, 0.2) is 0 Å². The number of aromatic nitrogens is 2. The summed E-state index contributed by atoms with van der Waals surface area (Å²) >= 11 is 0. The minimum absolute atomic E-state index is 0.144. The number of nitro groups is 1. The van der Waals surface area contributed by atoms with Gasteiger partial charge in [-0.1, -0.05) is 12.1 Å². The first-order valence-corrected chi connectivity index (χ1v) is 5.56. The van der Waals surface area contributed by atoms with Crippen LogP contribution >= 0.6 is 0 Å². The molecule has 19 heavy (non-hydrogen) atoms. The molecule has 0 radical (unpaired) electrons. The van der Waals surface area contributed by atoms with E-state index in [9.17, 15) is 10.1 Å². The van der Waals surface area contributed by atoms with E-state index in [1.165, 1.54) is 6.33 Å². The molecule has 1 aromatic heterocycles. The molecule has 7 nitrogen and oxygen atoms in total. The van der Waals surface area contributed by atoms with E-state index < -0.39 is 4.92 Å². The molecule has 1 heterocycles. The highest BCUT2D eigenvalue weighted by atomic mass is 16.6. The van der Waals surface area contributed by atoms with Crippen molar-refractivity contribution in [2.45, 2.75) is 6.92 Å². The quantitative estimate of drug-likeness (QED) is 0.669. The SMILES string of the molecule is Cc1cccc(N(C)c2ncnc(N)c2[N+](=O)[O-])c1. The largest absolute Gasteiger partial charge is 0.378 e. The first kappa shape index (κ1) is 12.7. The van der Waals surface area contributed by atoms with Crippen molar-refractivity contribution in [1.29, 1.82) is 0 Å². The maximum absolute atomic E-state index is 11.1. The van der Waals surface area contributed by atoms with Gasteiger partial charge in [0, 0.05) is 12.7 Å². The highest BCUT2D eigenvalue weighted by Crippen LogP contribution is 2.33. The molecule has 0 aliphatic rings. The number of rotatable bonds is 3. The summed E-state index contributed by atoms with van der Waals surface area (Å²) in [5, 5.41) is 11.1. The van der Waals surface area contributed by atoms with E-state index in [0.717, 1.165) is 11.3 Å². The van der Waals surface area contributed by atoms with Crippen LogP contribution in [0.2, 0.25) is 0 Å². The molecule has 0 saturated carbocycles. The zero-order valence-electron chi connectivity index (χ0n) is 10.6. The van der Waals surface area contributed by atoms with Crippen molar-refractivity contribution in [3.63, 3.8) is 0 Å². The molecule has 0 bridgehead atoms. The van der Waals surface area contributed by atoms with Crippen molar-refractivity contribution < 1.29 is 4.92 Å². The zero-order valence-corrected chi connectivity index (χ0v) is 10.6. The highest BCUT2D eigenvalue weighted by molar-refractivity contribution is 5.74. The van der Waals surface area contributed by atoms with Gasteiger partial charge in [-0.05, 0) is 24.6 Å². The number of nitrogens with zero attached hydrogens (tertiary/aromatic N) is 4. The maximum Gasteiger partial charge on any atom is 0.353 e. The fourth-order valence-electron chi connectivity index (χ4n) is 1.76. The molecule has 0 spiro atoms.